The molecular formula is C10H22N4. The molecule has 2 fully saturated rings. The highest BCUT2D eigenvalue weighted by Gasteiger charge is 2.28. The lowest BCUT2D eigenvalue weighted by Crippen LogP contribution is -2.50. The van der Waals surface area contributed by atoms with Crippen LogP contribution in [0.4, 0.5) is 0 Å². The second kappa shape index (κ2) is 4.57. The third-order valence-corrected chi connectivity index (χ3v) is 3.49. The molecule has 2 aliphatic heterocycles. The largest absolute Gasteiger partial charge is 0.302 e. The summed E-state index contributed by atoms with van der Waals surface area (Å²) in [4.78, 5) is 2.43. The van der Waals surface area contributed by atoms with E-state index in [1.165, 1.54) is 19.4 Å². The minimum Gasteiger partial charge on any atom is -0.302 e. The summed E-state index contributed by atoms with van der Waals surface area (Å²) in [5.41, 5.74) is 6.30. The Bertz CT molecular complexity index is 177. The number of nitrogens with zero attached hydrogens (tertiary/aromatic N) is 1. The van der Waals surface area contributed by atoms with Gasteiger partial charge in [0.2, 0.25) is 0 Å². The monoisotopic (exact) mass is 198 g/mol. The predicted molar refractivity (Wildman–Crippen MR) is 57.2 cm³/mol. The molecule has 0 bridgehead atoms. The van der Waals surface area contributed by atoms with E-state index in [2.05, 4.69) is 34.9 Å². The molecule has 0 aliphatic carbocycles. The van der Waals surface area contributed by atoms with Crippen LogP contribution in [-0.4, -0.2) is 30.9 Å². The summed E-state index contributed by atoms with van der Waals surface area (Å²) in [7, 11) is 0. The first-order valence-electron chi connectivity index (χ1n) is 5.70. The van der Waals surface area contributed by atoms with Crippen molar-refractivity contribution in [3.8, 4) is 0 Å². The van der Waals surface area contributed by atoms with Crippen LogP contribution in [0, 0.1) is 11.8 Å². The van der Waals surface area contributed by atoms with Crippen molar-refractivity contribution in [3.63, 3.8) is 0 Å². The van der Waals surface area contributed by atoms with Gasteiger partial charge in [-0.1, -0.05) is 13.8 Å². The van der Waals surface area contributed by atoms with Gasteiger partial charge >= 0.3 is 0 Å². The van der Waals surface area contributed by atoms with E-state index < -0.39 is 0 Å². The Hall–Kier alpha value is -0.160. The molecule has 0 aromatic rings. The zero-order valence-electron chi connectivity index (χ0n) is 9.21. The highest BCUT2D eigenvalue weighted by atomic mass is 15.6. The lowest BCUT2D eigenvalue weighted by molar-refractivity contribution is 0.117. The zero-order valence-corrected chi connectivity index (χ0v) is 9.21. The SMILES string of the molecule is CC(C)C1CCNC(N2CNNC2)C1. The molecule has 2 atom stereocenters. The Kier molecular flexibility index (Phi) is 3.38. The Morgan fingerprint density at radius 1 is 1.21 bits per heavy atom. The summed E-state index contributed by atoms with van der Waals surface area (Å²) in [6.07, 6.45) is 3.20. The van der Waals surface area contributed by atoms with Crippen LogP contribution in [0.15, 0.2) is 0 Å². The molecule has 2 heterocycles. The van der Waals surface area contributed by atoms with Crippen LogP contribution in [0.1, 0.15) is 26.7 Å². The summed E-state index contributed by atoms with van der Waals surface area (Å²) < 4.78 is 0. The quantitative estimate of drug-likeness (QED) is 0.596. The van der Waals surface area contributed by atoms with Gasteiger partial charge in [0, 0.05) is 0 Å². The third kappa shape index (κ3) is 2.25. The van der Waals surface area contributed by atoms with E-state index >= 15 is 0 Å². The number of hydrogen-bond acceptors (Lipinski definition) is 4. The molecule has 0 spiro atoms. The van der Waals surface area contributed by atoms with Gasteiger partial charge < -0.3 is 5.32 Å². The minimum absolute atomic E-state index is 0.568. The van der Waals surface area contributed by atoms with Gasteiger partial charge in [-0.05, 0) is 31.2 Å². The van der Waals surface area contributed by atoms with Gasteiger partial charge in [0.05, 0.1) is 19.5 Å². The van der Waals surface area contributed by atoms with Crippen LogP contribution in [0.25, 0.3) is 0 Å². The van der Waals surface area contributed by atoms with E-state index in [4.69, 9.17) is 0 Å². The number of nitrogens with one attached hydrogen (secondary N) is 3. The van der Waals surface area contributed by atoms with Crippen molar-refractivity contribution >= 4 is 0 Å². The second-order valence-corrected chi connectivity index (χ2v) is 4.76. The van der Waals surface area contributed by atoms with Gasteiger partial charge in [-0.15, -0.1) is 0 Å². The first-order valence-corrected chi connectivity index (χ1v) is 5.70. The molecule has 2 rings (SSSR count). The predicted octanol–water partition coefficient (Wildman–Crippen LogP) is 0.293. The zero-order chi connectivity index (χ0) is 9.97. The molecule has 4 nitrogen and oxygen atoms in total. The fourth-order valence-electron chi connectivity index (χ4n) is 2.40. The van der Waals surface area contributed by atoms with Crippen LogP contribution in [0.2, 0.25) is 0 Å². The van der Waals surface area contributed by atoms with Crippen LogP contribution in [0.3, 0.4) is 0 Å². The molecule has 82 valence electrons. The minimum atomic E-state index is 0.568. The lowest BCUT2D eigenvalue weighted by Gasteiger charge is -2.36. The summed E-state index contributed by atoms with van der Waals surface area (Å²) in [5, 5.41) is 3.59. The van der Waals surface area contributed by atoms with Gasteiger partial charge in [-0.2, -0.15) is 0 Å². The molecule has 0 aromatic heterocycles. The molecule has 2 aliphatic rings. The first kappa shape index (κ1) is 10.4. The van der Waals surface area contributed by atoms with E-state index in [0.29, 0.717) is 6.17 Å². The van der Waals surface area contributed by atoms with Crippen molar-refractivity contribution in [1.82, 2.24) is 21.1 Å². The topological polar surface area (TPSA) is 39.3 Å². The third-order valence-electron chi connectivity index (χ3n) is 3.49. The van der Waals surface area contributed by atoms with Crippen LogP contribution in [0.5, 0.6) is 0 Å². The Morgan fingerprint density at radius 3 is 2.57 bits per heavy atom. The van der Waals surface area contributed by atoms with Gasteiger partial charge in [0.15, 0.2) is 0 Å². The molecule has 0 aromatic carbocycles. The summed E-state index contributed by atoms with van der Waals surface area (Å²) >= 11 is 0. The molecule has 2 unspecified atom stereocenters. The molecule has 2 saturated heterocycles. The fourth-order valence-corrected chi connectivity index (χ4v) is 2.40. The Balaban J connectivity index is 1.86. The number of hydrogen-bond donors (Lipinski definition) is 3. The highest BCUT2D eigenvalue weighted by molar-refractivity contribution is 4.81. The molecule has 14 heavy (non-hydrogen) atoms. The van der Waals surface area contributed by atoms with E-state index in [9.17, 15) is 0 Å². The molecule has 0 radical (unpaired) electrons. The fraction of sp³-hybridized carbons (Fsp3) is 1.00. The lowest BCUT2D eigenvalue weighted by atomic mass is 9.86. The van der Waals surface area contributed by atoms with Crippen molar-refractivity contribution in [3.05, 3.63) is 0 Å². The summed E-state index contributed by atoms with van der Waals surface area (Å²) in [6, 6.07) is 0. The van der Waals surface area contributed by atoms with Crippen molar-refractivity contribution < 1.29 is 0 Å². The smallest absolute Gasteiger partial charge is 0.0641 e. The van der Waals surface area contributed by atoms with Gasteiger partial charge in [-0.25, -0.2) is 10.9 Å². The Morgan fingerprint density at radius 2 is 1.93 bits per heavy atom. The first-order chi connectivity index (χ1) is 6.77. The summed E-state index contributed by atoms with van der Waals surface area (Å²) in [5.74, 6) is 1.71. The van der Waals surface area contributed by atoms with Crippen LogP contribution in [-0.2, 0) is 0 Å². The average molecular weight is 198 g/mol. The number of rotatable bonds is 2. The van der Waals surface area contributed by atoms with Gasteiger partial charge in [-0.3, -0.25) is 4.90 Å². The van der Waals surface area contributed by atoms with Crippen molar-refractivity contribution in [2.75, 3.05) is 19.9 Å². The van der Waals surface area contributed by atoms with E-state index in [-0.39, 0.29) is 0 Å². The van der Waals surface area contributed by atoms with E-state index in [1.54, 1.807) is 0 Å². The standard InChI is InChI=1S/C10H22N4/c1-8(2)9-3-4-11-10(5-9)14-6-12-13-7-14/h8-13H,3-7H2,1-2H3. The highest BCUT2D eigenvalue weighted by Crippen LogP contribution is 2.25. The molecule has 3 N–H and O–H groups in total. The van der Waals surface area contributed by atoms with Gasteiger partial charge in [0.1, 0.15) is 0 Å². The number of piperidine rings is 1. The van der Waals surface area contributed by atoms with Crippen molar-refractivity contribution in [2.24, 2.45) is 11.8 Å². The molecule has 0 saturated carbocycles. The molecule has 4 heteroatoms. The molecule has 0 amide bonds. The summed E-state index contributed by atoms with van der Waals surface area (Å²) in [6.45, 7) is 7.77. The van der Waals surface area contributed by atoms with Gasteiger partial charge in [0.25, 0.3) is 0 Å². The molecular weight excluding hydrogens is 176 g/mol. The second-order valence-electron chi connectivity index (χ2n) is 4.76. The van der Waals surface area contributed by atoms with E-state index in [1.807, 2.05) is 0 Å². The normalized spacial score (nSPS) is 35.4. The van der Waals surface area contributed by atoms with Crippen LogP contribution >= 0.6 is 0 Å². The van der Waals surface area contributed by atoms with Crippen LogP contribution < -0.4 is 16.2 Å². The van der Waals surface area contributed by atoms with Crippen molar-refractivity contribution in [1.29, 1.82) is 0 Å². The maximum absolute atomic E-state index is 3.59. The van der Waals surface area contributed by atoms with Crippen molar-refractivity contribution in [2.45, 2.75) is 32.9 Å². The average Bonchev–Trinajstić information content (AvgIpc) is 2.71. The maximum Gasteiger partial charge on any atom is 0.0641 e. The maximum atomic E-state index is 3.59. The van der Waals surface area contributed by atoms with E-state index in [0.717, 1.165) is 25.2 Å². The number of hydrazine groups is 1. The Labute approximate surface area is 86.4 Å².